The molecule has 1 aromatic carbocycles. The van der Waals surface area contributed by atoms with E-state index in [1.54, 1.807) is 11.2 Å². The number of amides is 1. The van der Waals surface area contributed by atoms with Crippen LogP contribution >= 0.6 is 0 Å². The van der Waals surface area contributed by atoms with Crippen molar-refractivity contribution in [1.29, 1.82) is 0 Å². The van der Waals surface area contributed by atoms with E-state index in [4.69, 9.17) is 9.47 Å². The Labute approximate surface area is 121 Å². The van der Waals surface area contributed by atoms with Gasteiger partial charge in [-0.2, -0.15) is 0 Å². The minimum absolute atomic E-state index is 0.148. The first-order valence-corrected chi connectivity index (χ1v) is 7.33. The maximum Gasteiger partial charge on any atom is 0.417 e. The first-order chi connectivity index (χ1) is 10.2. The molecule has 5 rings (SSSR count). The number of hydrogen-bond acceptors (Lipinski definition) is 4. The number of aryl methyl sites for hydroxylation is 1. The Hall–Kier alpha value is -2.01. The summed E-state index contributed by atoms with van der Waals surface area (Å²) in [6, 6.07) is 5.85. The number of fused-ring (bicyclic) bond motifs is 2. The fourth-order valence-corrected chi connectivity index (χ4v) is 4.52. The highest BCUT2D eigenvalue weighted by Gasteiger charge is 2.67. The lowest BCUT2D eigenvalue weighted by molar-refractivity contribution is -0.113. The molecule has 21 heavy (non-hydrogen) atoms. The molecule has 0 aromatic heterocycles. The molecule has 5 nitrogen and oxygen atoms in total. The van der Waals surface area contributed by atoms with Crippen molar-refractivity contribution in [3.63, 3.8) is 0 Å². The fourth-order valence-electron chi connectivity index (χ4n) is 4.52. The van der Waals surface area contributed by atoms with Crippen LogP contribution in [0.5, 0.6) is 0 Å². The summed E-state index contributed by atoms with van der Waals surface area (Å²) < 4.78 is 11.1. The molecule has 0 saturated carbocycles. The molecule has 1 fully saturated rings. The second kappa shape index (κ2) is 3.42. The van der Waals surface area contributed by atoms with Crippen molar-refractivity contribution in [3.05, 3.63) is 41.7 Å². The average Bonchev–Trinajstić information content (AvgIpc) is 3.05. The van der Waals surface area contributed by atoms with Gasteiger partial charge in [-0.05, 0) is 37.0 Å². The van der Waals surface area contributed by atoms with Gasteiger partial charge in [0.15, 0.2) is 6.61 Å². The normalized spacial score (nSPS) is 38.4. The van der Waals surface area contributed by atoms with Crippen molar-refractivity contribution >= 4 is 11.8 Å². The molecule has 0 bridgehead atoms. The SMILES string of the molecule is O=C1OCC23OC=CC2C2(O)CCCc4cccc(c42)N13. The molecule has 3 heterocycles. The second-order valence-electron chi connectivity index (χ2n) is 6.25. The Bertz CT molecular complexity index is 700. The summed E-state index contributed by atoms with van der Waals surface area (Å²) in [5.41, 5.74) is 0.828. The molecule has 4 aliphatic rings. The number of rotatable bonds is 0. The van der Waals surface area contributed by atoms with Gasteiger partial charge in [0.25, 0.3) is 0 Å². The zero-order valence-electron chi connectivity index (χ0n) is 11.4. The molecule has 1 aliphatic carbocycles. The van der Waals surface area contributed by atoms with Crippen LogP contribution < -0.4 is 4.90 Å². The van der Waals surface area contributed by atoms with Crippen LogP contribution in [0.25, 0.3) is 0 Å². The molecule has 1 saturated heterocycles. The van der Waals surface area contributed by atoms with Crippen molar-refractivity contribution in [2.45, 2.75) is 30.6 Å². The Morgan fingerprint density at radius 3 is 3.19 bits per heavy atom. The van der Waals surface area contributed by atoms with Crippen molar-refractivity contribution in [2.75, 3.05) is 11.5 Å². The summed E-state index contributed by atoms with van der Waals surface area (Å²) in [5.74, 6) is -0.287. The third-order valence-electron chi connectivity index (χ3n) is 5.31. The van der Waals surface area contributed by atoms with Gasteiger partial charge in [0, 0.05) is 5.56 Å². The topological polar surface area (TPSA) is 59.0 Å². The first-order valence-electron chi connectivity index (χ1n) is 7.33. The van der Waals surface area contributed by atoms with E-state index >= 15 is 0 Å². The molecule has 1 amide bonds. The molecule has 3 atom stereocenters. The molecule has 3 unspecified atom stereocenters. The zero-order valence-corrected chi connectivity index (χ0v) is 11.4. The van der Waals surface area contributed by atoms with E-state index in [1.165, 1.54) is 0 Å². The predicted octanol–water partition coefficient (Wildman–Crippen LogP) is 2.04. The molecule has 5 heteroatoms. The van der Waals surface area contributed by atoms with Crippen LogP contribution in [0.4, 0.5) is 10.5 Å². The lowest BCUT2D eigenvalue weighted by Gasteiger charge is -2.51. The summed E-state index contributed by atoms with van der Waals surface area (Å²) in [4.78, 5) is 13.8. The number of cyclic esters (lactones) is 1. The van der Waals surface area contributed by atoms with E-state index < -0.39 is 17.4 Å². The zero-order chi connectivity index (χ0) is 14.2. The largest absolute Gasteiger partial charge is 0.471 e. The number of aliphatic hydroxyl groups is 1. The lowest BCUT2D eigenvalue weighted by atomic mass is 9.65. The number of anilines is 1. The van der Waals surface area contributed by atoms with E-state index in [-0.39, 0.29) is 12.5 Å². The van der Waals surface area contributed by atoms with Gasteiger partial charge in [0.2, 0.25) is 5.72 Å². The third kappa shape index (κ3) is 1.12. The second-order valence-corrected chi connectivity index (χ2v) is 6.25. The fraction of sp³-hybridized carbons (Fsp3) is 0.438. The molecule has 1 spiro atoms. The highest BCUT2D eigenvalue weighted by molar-refractivity contribution is 5.94. The summed E-state index contributed by atoms with van der Waals surface area (Å²) >= 11 is 0. The molecule has 1 aromatic rings. The van der Waals surface area contributed by atoms with Crippen LogP contribution in [0, 0.1) is 5.92 Å². The van der Waals surface area contributed by atoms with E-state index in [9.17, 15) is 9.90 Å². The highest BCUT2D eigenvalue weighted by atomic mass is 16.6. The molecule has 1 N–H and O–H groups in total. The Morgan fingerprint density at radius 1 is 1.38 bits per heavy atom. The van der Waals surface area contributed by atoms with Gasteiger partial charge in [-0.3, -0.25) is 0 Å². The van der Waals surface area contributed by atoms with Gasteiger partial charge in [-0.15, -0.1) is 0 Å². The van der Waals surface area contributed by atoms with Crippen LogP contribution in [0.15, 0.2) is 30.5 Å². The monoisotopic (exact) mass is 285 g/mol. The number of benzene rings is 1. The molecular weight excluding hydrogens is 270 g/mol. The first kappa shape index (κ1) is 11.6. The maximum absolute atomic E-state index is 12.3. The van der Waals surface area contributed by atoms with Crippen LogP contribution in [0.2, 0.25) is 0 Å². The number of carbonyl (C=O) groups excluding carboxylic acids is 1. The molecule has 108 valence electrons. The Morgan fingerprint density at radius 2 is 2.29 bits per heavy atom. The van der Waals surface area contributed by atoms with Gasteiger partial charge in [0.1, 0.15) is 5.60 Å². The van der Waals surface area contributed by atoms with E-state index in [1.807, 2.05) is 24.3 Å². The van der Waals surface area contributed by atoms with Gasteiger partial charge in [-0.25, -0.2) is 9.69 Å². The standard InChI is InChI=1S/C16H15NO4/c18-14-17-11-5-1-3-10-4-2-7-15(19,13(10)11)12-6-8-21-16(12,17)9-20-14/h1,3,5-6,8,12,19H,2,4,7,9H2. The highest BCUT2D eigenvalue weighted by Crippen LogP contribution is 2.59. The Balaban J connectivity index is 1.87. The smallest absolute Gasteiger partial charge is 0.417 e. The molecule has 3 aliphatic heterocycles. The summed E-state index contributed by atoms with van der Waals surface area (Å²) in [6.07, 6.45) is 5.61. The molecular formula is C16H15NO4. The predicted molar refractivity (Wildman–Crippen MR) is 73.5 cm³/mol. The van der Waals surface area contributed by atoms with Crippen LogP contribution in [-0.2, 0) is 21.5 Å². The number of hydrogen-bond donors (Lipinski definition) is 1. The summed E-state index contributed by atoms with van der Waals surface area (Å²) in [7, 11) is 0. The summed E-state index contributed by atoms with van der Waals surface area (Å²) in [6.45, 7) is 0.148. The van der Waals surface area contributed by atoms with E-state index in [2.05, 4.69) is 0 Å². The van der Waals surface area contributed by atoms with Crippen LogP contribution in [-0.4, -0.2) is 23.5 Å². The van der Waals surface area contributed by atoms with Gasteiger partial charge < -0.3 is 14.6 Å². The third-order valence-corrected chi connectivity index (χ3v) is 5.31. The number of ether oxygens (including phenoxy) is 2. The van der Waals surface area contributed by atoms with Gasteiger partial charge in [0.05, 0.1) is 17.9 Å². The van der Waals surface area contributed by atoms with Crippen molar-refractivity contribution in [2.24, 2.45) is 5.92 Å². The van der Waals surface area contributed by atoms with Gasteiger partial charge >= 0.3 is 6.09 Å². The lowest BCUT2D eigenvalue weighted by Crippen LogP contribution is -2.62. The average molecular weight is 285 g/mol. The van der Waals surface area contributed by atoms with Gasteiger partial charge in [-0.1, -0.05) is 12.1 Å². The maximum atomic E-state index is 12.3. The number of nitrogens with zero attached hydrogens (tertiary/aromatic N) is 1. The van der Waals surface area contributed by atoms with E-state index in [0.717, 1.165) is 29.7 Å². The van der Waals surface area contributed by atoms with Crippen molar-refractivity contribution < 1.29 is 19.4 Å². The summed E-state index contributed by atoms with van der Waals surface area (Å²) in [5, 5.41) is 11.4. The minimum Gasteiger partial charge on any atom is -0.471 e. The Kier molecular flexibility index (Phi) is 1.89. The van der Waals surface area contributed by atoms with Crippen molar-refractivity contribution in [1.82, 2.24) is 0 Å². The number of carbonyl (C=O) groups is 1. The molecule has 0 radical (unpaired) electrons. The quantitative estimate of drug-likeness (QED) is 0.792. The van der Waals surface area contributed by atoms with Crippen LogP contribution in [0.1, 0.15) is 24.0 Å². The van der Waals surface area contributed by atoms with Crippen LogP contribution in [0.3, 0.4) is 0 Å². The minimum atomic E-state index is -0.984. The van der Waals surface area contributed by atoms with Crippen molar-refractivity contribution in [3.8, 4) is 0 Å². The van der Waals surface area contributed by atoms with E-state index in [0.29, 0.717) is 6.42 Å².